The Morgan fingerprint density at radius 3 is 2.14 bits per heavy atom. The summed E-state index contributed by atoms with van der Waals surface area (Å²) >= 11 is 2.08. The summed E-state index contributed by atoms with van der Waals surface area (Å²) in [6, 6.07) is 0. The maximum Gasteiger partial charge on any atom is 0.266 e. The Balaban J connectivity index is 3.51. The molecule has 0 rings (SSSR count). The second kappa shape index (κ2) is 12.6. The molecule has 0 spiro atoms. The van der Waals surface area contributed by atoms with Gasteiger partial charge in [0.2, 0.25) is 5.91 Å². The minimum Gasteiger partial charge on any atom is -0.354 e. The summed E-state index contributed by atoms with van der Waals surface area (Å²) in [5.41, 5.74) is 0. The summed E-state index contributed by atoms with van der Waals surface area (Å²) in [6.07, 6.45) is 10.7. The van der Waals surface area contributed by atoms with E-state index < -0.39 is 15.9 Å². The number of rotatable bonds is 13. The molecule has 0 bridgehead atoms. The third-order valence-corrected chi connectivity index (χ3v) is 5.16. The van der Waals surface area contributed by atoms with Crippen molar-refractivity contribution in [2.75, 3.05) is 12.3 Å². The van der Waals surface area contributed by atoms with Crippen molar-refractivity contribution in [1.82, 2.24) is 5.32 Å². The number of carbonyl (C=O) groups excluding carboxylic acids is 1. The quantitative estimate of drug-likeness (QED) is 0.202. The number of halogens is 1. The number of hydrogen-bond donors (Lipinski definition) is 2. The molecular formula is C14H28INO4S. The van der Waals surface area contributed by atoms with Gasteiger partial charge in [-0.05, 0) is 6.42 Å². The Morgan fingerprint density at radius 1 is 1.10 bits per heavy atom. The molecule has 0 heterocycles. The van der Waals surface area contributed by atoms with Crippen molar-refractivity contribution in [3.63, 3.8) is 0 Å². The summed E-state index contributed by atoms with van der Waals surface area (Å²) in [5.74, 6) is -0.581. The van der Waals surface area contributed by atoms with E-state index >= 15 is 0 Å². The first kappa shape index (κ1) is 21.1. The van der Waals surface area contributed by atoms with Crippen LogP contribution < -0.4 is 5.32 Å². The highest BCUT2D eigenvalue weighted by Gasteiger charge is 2.14. The predicted octanol–water partition coefficient (Wildman–Crippen LogP) is 3.32. The molecule has 1 atom stereocenters. The lowest BCUT2D eigenvalue weighted by atomic mass is 10.1. The number of amides is 1. The van der Waals surface area contributed by atoms with Crippen LogP contribution in [0.2, 0.25) is 0 Å². The van der Waals surface area contributed by atoms with Crippen LogP contribution in [0.25, 0.3) is 0 Å². The Bertz CT molecular complexity index is 373. The number of carbonyl (C=O) groups is 1. The zero-order valence-electron chi connectivity index (χ0n) is 12.8. The van der Waals surface area contributed by atoms with E-state index in [2.05, 4.69) is 34.8 Å². The van der Waals surface area contributed by atoms with E-state index in [0.29, 0.717) is 0 Å². The molecule has 1 amide bonds. The molecule has 1 unspecified atom stereocenters. The van der Waals surface area contributed by atoms with Crippen LogP contribution >= 0.6 is 22.6 Å². The lowest BCUT2D eigenvalue weighted by molar-refractivity contribution is -0.120. The molecule has 0 aromatic heterocycles. The second-order valence-corrected chi connectivity index (χ2v) is 8.38. The molecule has 0 saturated carbocycles. The molecule has 0 aliphatic rings. The molecule has 0 fully saturated rings. The molecule has 0 aliphatic heterocycles. The third kappa shape index (κ3) is 14.8. The van der Waals surface area contributed by atoms with Crippen LogP contribution in [0.15, 0.2) is 0 Å². The Kier molecular flexibility index (Phi) is 12.7. The van der Waals surface area contributed by atoms with Crippen LogP contribution in [0.1, 0.15) is 64.7 Å². The van der Waals surface area contributed by atoms with Gasteiger partial charge in [-0.15, -0.1) is 0 Å². The highest BCUT2D eigenvalue weighted by atomic mass is 127. The van der Waals surface area contributed by atoms with Crippen molar-refractivity contribution in [1.29, 1.82) is 0 Å². The molecule has 0 aromatic rings. The van der Waals surface area contributed by atoms with Crippen molar-refractivity contribution in [3.8, 4) is 0 Å². The van der Waals surface area contributed by atoms with E-state index in [1.807, 2.05) is 0 Å². The van der Waals surface area contributed by atoms with Crippen molar-refractivity contribution < 1.29 is 17.8 Å². The van der Waals surface area contributed by atoms with E-state index in [1.54, 1.807) is 0 Å². The molecular weight excluding hydrogens is 405 g/mol. The van der Waals surface area contributed by atoms with E-state index in [9.17, 15) is 13.2 Å². The molecule has 126 valence electrons. The number of unbranched alkanes of at least 4 members (excludes halogenated alkanes) is 7. The Morgan fingerprint density at radius 2 is 1.62 bits per heavy atom. The maximum atomic E-state index is 11.7. The molecule has 7 heteroatoms. The van der Waals surface area contributed by atoms with Gasteiger partial charge in [0.25, 0.3) is 10.1 Å². The molecule has 0 aromatic carbocycles. The first-order valence-corrected chi connectivity index (χ1v) is 10.6. The van der Waals surface area contributed by atoms with Crippen LogP contribution in [0.4, 0.5) is 0 Å². The fourth-order valence-electron chi connectivity index (χ4n) is 2.00. The van der Waals surface area contributed by atoms with Gasteiger partial charge in [0.15, 0.2) is 0 Å². The van der Waals surface area contributed by atoms with Gasteiger partial charge in [-0.25, -0.2) is 0 Å². The van der Waals surface area contributed by atoms with Gasteiger partial charge in [-0.1, -0.05) is 80.9 Å². The monoisotopic (exact) mass is 433 g/mol. The first-order valence-electron chi connectivity index (χ1n) is 7.73. The largest absolute Gasteiger partial charge is 0.354 e. The van der Waals surface area contributed by atoms with Crippen LogP contribution in [0, 0.1) is 0 Å². The summed E-state index contributed by atoms with van der Waals surface area (Å²) in [4.78, 5) is 11.7. The first-order chi connectivity index (χ1) is 9.87. The van der Waals surface area contributed by atoms with Gasteiger partial charge >= 0.3 is 0 Å². The van der Waals surface area contributed by atoms with Gasteiger partial charge in [-0.2, -0.15) is 8.42 Å². The van der Waals surface area contributed by atoms with Crippen LogP contribution in [-0.4, -0.2) is 35.1 Å². The number of hydrogen-bond acceptors (Lipinski definition) is 3. The van der Waals surface area contributed by atoms with Crippen molar-refractivity contribution >= 4 is 38.6 Å². The van der Waals surface area contributed by atoms with E-state index in [-0.39, 0.29) is 16.4 Å². The zero-order chi connectivity index (χ0) is 16.1. The fraction of sp³-hybridized carbons (Fsp3) is 0.929. The van der Waals surface area contributed by atoms with Gasteiger partial charge in [0.1, 0.15) is 0 Å². The SMILES string of the molecule is CCCCCCCCCCC(I)C(=O)NCCS(=O)(=O)O. The lowest BCUT2D eigenvalue weighted by Gasteiger charge is -2.10. The van der Waals surface area contributed by atoms with Crippen molar-refractivity contribution in [2.45, 2.75) is 68.6 Å². The molecule has 21 heavy (non-hydrogen) atoms. The molecule has 0 aliphatic carbocycles. The second-order valence-electron chi connectivity index (χ2n) is 5.31. The number of nitrogens with one attached hydrogen (secondary N) is 1. The lowest BCUT2D eigenvalue weighted by Crippen LogP contribution is -2.34. The molecule has 2 N–H and O–H groups in total. The number of alkyl halides is 1. The molecule has 0 saturated heterocycles. The average Bonchev–Trinajstić information content (AvgIpc) is 2.40. The fourth-order valence-corrected chi connectivity index (χ4v) is 3.02. The standard InChI is InChI=1S/C14H28INO4S/c1-2-3-4-5-6-7-8-9-10-13(15)14(17)16-11-12-21(18,19)20/h13H,2-12H2,1H3,(H,16,17)(H,18,19,20). The van der Waals surface area contributed by atoms with E-state index in [1.165, 1.54) is 38.5 Å². The minimum absolute atomic E-state index is 0.0331. The summed E-state index contributed by atoms with van der Waals surface area (Å²) in [5, 5.41) is 2.53. The van der Waals surface area contributed by atoms with Gasteiger partial charge < -0.3 is 5.32 Å². The van der Waals surface area contributed by atoms with Gasteiger partial charge in [0, 0.05) is 6.54 Å². The summed E-state index contributed by atoms with van der Waals surface area (Å²) in [6.45, 7) is 2.18. The highest BCUT2D eigenvalue weighted by molar-refractivity contribution is 14.1. The minimum atomic E-state index is -4.00. The smallest absolute Gasteiger partial charge is 0.266 e. The Labute approximate surface area is 142 Å². The van der Waals surface area contributed by atoms with E-state index in [0.717, 1.165) is 19.3 Å². The van der Waals surface area contributed by atoms with Crippen molar-refractivity contribution in [3.05, 3.63) is 0 Å². The summed E-state index contributed by atoms with van der Waals surface area (Å²) in [7, 11) is -4.00. The van der Waals surface area contributed by atoms with Crippen LogP contribution in [0.5, 0.6) is 0 Å². The van der Waals surface area contributed by atoms with Crippen LogP contribution in [-0.2, 0) is 14.9 Å². The molecule has 0 radical (unpaired) electrons. The molecule has 5 nitrogen and oxygen atoms in total. The Hall–Kier alpha value is 0.110. The topological polar surface area (TPSA) is 83.5 Å². The van der Waals surface area contributed by atoms with Gasteiger partial charge in [-0.3, -0.25) is 9.35 Å². The predicted molar refractivity (Wildman–Crippen MR) is 94.5 cm³/mol. The summed E-state index contributed by atoms with van der Waals surface area (Å²) < 4.78 is 29.5. The van der Waals surface area contributed by atoms with Gasteiger partial charge in [0.05, 0.1) is 9.68 Å². The third-order valence-electron chi connectivity index (χ3n) is 3.25. The normalized spacial score (nSPS) is 13.1. The van der Waals surface area contributed by atoms with Crippen molar-refractivity contribution in [2.24, 2.45) is 0 Å². The maximum absolute atomic E-state index is 11.7. The highest BCUT2D eigenvalue weighted by Crippen LogP contribution is 2.14. The average molecular weight is 433 g/mol. The van der Waals surface area contributed by atoms with Crippen LogP contribution in [0.3, 0.4) is 0 Å². The zero-order valence-corrected chi connectivity index (χ0v) is 15.8. The van der Waals surface area contributed by atoms with E-state index in [4.69, 9.17) is 4.55 Å².